The van der Waals surface area contributed by atoms with Crippen molar-refractivity contribution in [1.29, 1.82) is 0 Å². The lowest BCUT2D eigenvalue weighted by Crippen LogP contribution is -2.50. The van der Waals surface area contributed by atoms with Gasteiger partial charge in [-0.1, -0.05) is 12.1 Å². The van der Waals surface area contributed by atoms with Gasteiger partial charge in [-0.3, -0.25) is 4.79 Å². The Morgan fingerprint density at radius 3 is 1.81 bits per heavy atom. The Bertz CT molecular complexity index is 833. The molecule has 2 aromatic rings. The molecule has 27 heavy (non-hydrogen) atoms. The van der Waals surface area contributed by atoms with Gasteiger partial charge in [0.15, 0.2) is 0 Å². The highest BCUT2D eigenvalue weighted by Gasteiger charge is 2.73. The SMILES string of the molecule is Cc1cc(C(F)(C(F)(F)F)C(F)(F)F)cc(C)c1NC(=O)c1cc(N)cs1. The number of halogens is 7. The maximum Gasteiger partial charge on any atom is 0.435 e. The molecular weight excluding hydrogens is 401 g/mol. The zero-order chi connectivity index (χ0) is 20.8. The summed E-state index contributed by atoms with van der Waals surface area (Å²) in [6.45, 7) is 2.34. The predicted molar refractivity (Wildman–Crippen MR) is 87.5 cm³/mol. The number of anilines is 2. The van der Waals surface area contributed by atoms with Crippen molar-refractivity contribution in [3.63, 3.8) is 0 Å². The van der Waals surface area contributed by atoms with E-state index in [2.05, 4.69) is 5.32 Å². The minimum Gasteiger partial charge on any atom is -0.398 e. The summed E-state index contributed by atoms with van der Waals surface area (Å²) in [6.07, 6.45) is -12.4. The highest BCUT2D eigenvalue weighted by Crippen LogP contribution is 2.53. The summed E-state index contributed by atoms with van der Waals surface area (Å²) in [5.41, 5.74) is -1.63. The Morgan fingerprint density at radius 2 is 1.44 bits per heavy atom. The summed E-state index contributed by atoms with van der Waals surface area (Å²) in [6, 6.07) is 2.21. The maximum atomic E-state index is 14.2. The second-order valence-electron chi connectivity index (χ2n) is 5.84. The van der Waals surface area contributed by atoms with Gasteiger partial charge in [-0.25, -0.2) is 4.39 Å². The minimum absolute atomic E-state index is 0.0116. The van der Waals surface area contributed by atoms with E-state index in [0.29, 0.717) is 17.8 Å². The molecule has 1 heterocycles. The lowest BCUT2D eigenvalue weighted by atomic mass is 9.90. The number of nitrogens with one attached hydrogen (secondary N) is 1. The summed E-state index contributed by atoms with van der Waals surface area (Å²) in [4.78, 5) is 12.3. The van der Waals surface area contributed by atoms with Gasteiger partial charge < -0.3 is 11.1 Å². The standard InChI is InChI=1S/C16H13F7N2OS/c1-7-3-9(14(17,15(18,19)20)16(21,22)23)4-8(2)12(7)25-13(26)11-5-10(24)6-27-11/h3-6H,24H2,1-2H3,(H,25,26). The van der Waals surface area contributed by atoms with Gasteiger partial charge in [-0.05, 0) is 31.0 Å². The third-order valence-corrected chi connectivity index (χ3v) is 4.74. The maximum absolute atomic E-state index is 14.2. The molecule has 0 atom stereocenters. The van der Waals surface area contributed by atoms with Crippen LogP contribution < -0.4 is 11.1 Å². The fourth-order valence-electron chi connectivity index (χ4n) is 2.49. The molecule has 3 nitrogen and oxygen atoms in total. The number of aryl methyl sites for hydroxylation is 2. The average Bonchev–Trinajstić information content (AvgIpc) is 2.94. The first-order chi connectivity index (χ1) is 12.2. The quantitative estimate of drug-likeness (QED) is 0.653. The smallest absolute Gasteiger partial charge is 0.398 e. The van der Waals surface area contributed by atoms with Crippen LogP contribution in [-0.2, 0) is 5.67 Å². The molecule has 0 saturated carbocycles. The summed E-state index contributed by atoms with van der Waals surface area (Å²) in [5.74, 6) is -0.645. The molecule has 1 aromatic carbocycles. The van der Waals surface area contributed by atoms with Crippen LogP contribution in [0.3, 0.4) is 0 Å². The number of hydrogen-bond donors (Lipinski definition) is 2. The first kappa shape index (κ1) is 21.0. The largest absolute Gasteiger partial charge is 0.435 e. The van der Waals surface area contributed by atoms with E-state index >= 15 is 0 Å². The highest BCUT2D eigenvalue weighted by molar-refractivity contribution is 7.12. The number of carbonyl (C=O) groups excluding carboxylic acids is 1. The van der Waals surface area contributed by atoms with Crippen molar-refractivity contribution < 1.29 is 35.5 Å². The van der Waals surface area contributed by atoms with Crippen LogP contribution in [0.2, 0.25) is 0 Å². The Labute approximate surface area is 153 Å². The van der Waals surface area contributed by atoms with Gasteiger partial charge in [0.2, 0.25) is 0 Å². The Hall–Kier alpha value is -2.30. The van der Waals surface area contributed by atoms with Crippen molar-refractivity contribution in [3.8, 4) is 0 Å². The molecule has 1 amide bonds. The van der Waals surface area contributed by atoms with Crippen LogP contribution >= 0.6 is 11.3 Å². The Morgan fingerprint density at radius 1 is 0.963 bits per heavy atom. The molecule has 0 unspecified atom stereocenters. The molecule has 0 bridgehead atoms. The number of rotatable bonds is 3. The van der Waals surface area contributed by atoms with E-state index in [9.17, 15) is 35.5 Å². The number of nitrogen functional groups attached to an aromatic ring is 1. The number of thiophene rings is 1. The third-order valence-electron chi connectivity index (χ3n) is 3.79. The van der Waals surface area contributed by atoms with Crippen LogP contribution in [0, 0.1) is 13.8 Å². The van der Waals surface area contributed by atoms with Crippen LogP contribution in [0.1, 0.15) is 26.4 Å². The molecular formula is C16H13F7N2OS. The molecule has 0 aliphatic rings. The molecule has 0 spiro atoms. The summed E-state index contributed by atoms with van der Waals surface area (Å²) in [5, 5.41) is 3.88. The summed E-state index contributed by atoms with van der Waals surface area (Å²) < 4.78 is 91.7. The van der Waals surface area contributed by atoms with Gasteiger partial charge in [0.05, 0.1) is 4.88 Å². The van der Waals surface area contributed by atoms with E-state index in [1.807, 2.05) is 0 Å². The number of carbonyl (C=O) groups is 1. The van der Waals surface area contributed by atoms with E-state index in [1.165, 1.54) is 25.3 Å². The fraction of sp³-hybridized carbons (Fsp3) is 0.312. The van der Waals surface area contributed by atoms with Gasteiger partial charge in [0.25, 0.3) is 5.91 Å². The molecule has 0 aliphatic carbocycles. The van der Waals surface area contributed by atoms with Gasteiger partial charge >= 0.3 is 18.0 Å². The van der Waals surface area contributed by atoms with Crippen LogP contribution in [-0.4, -0.2) is 18.3 Å². The Kier molecular flexibility index (Phi) is 5.21. The van der Waals surface area contributed by atoms with Crippen molar-refractivity contribution in [2.24, 2.45) is 0 Å². The monoisotopic (exact) mass is 414 g/mol. The average molecular weight is 414 g/mol. The molecule has 1 aromatic heterocycles. The van der Waals surface area contributed by atoms with Crippen molar-refractivity contribution in [3.05, 3.63) is 45.1 Å². The number of benzene rings is 1. The van der Waals surface area contributed by atoms with Gasteiger partial charge in [0, 0.05) is 22.3 Å². The van der Waals surface area contributed by atoms with Crippen LogP contribution in [0.15, 0.2) is 23.6 Å². The second kappa shape index (κ2) is 6.70. The molecule has 0 saturated heterocycles. The lowest BCUT2D eigenvalue weighted by Gasteiger charge is -2.31. The van der Waals surface area contributed by atoms with Crippen molar-refractivity contribution in [2.45, 2.75) is 31.9 Å². The topological polar surface area (TPSA) is 55.1 Å². The molecule has 11 heteroatoms. The fourth-order valence-corrected chi connectivity index (χ4v) is 3.19. The Balaban J connectivity index is 2.49. The lowest BCUT2D eigenvalue weighted by molar-refractivity contribution is -0.348. The molecule has 2 rings (SSSR count). The number of amides is 1. The van der Waals surface area contributed by atoms with Crippen molar-refractivity contribution >= 4 is 28.6 Å². The van der Waals surface area contributed by atoms with E-state index in [0.717, 1.165) is 11.3 Å². The molecule has 0 radical (unpaired) electrons. The zero-order valence-electron chi connectivity index (χ0n) is 13.8. The highest BCUT2D eigenvalue weighted by atomic mass is 32.1. The van der Waals surface area contributed by atoms with E-state index < -0.39 is 29.5 Å². The predicted octanol–water partition coefficient (Wildman–Crippen LogP) is 5.49. The van der Waals surface area contributed by atoms with Crippen LogP contribution in [0.25, 0.3) is 0 Å². The van der Waals surface area contributed by atoms with Gasteiger partial charge in [0.1, 0.15) is 0 Å². The van der Waals surface area contributed by atoms with E-state index in [1.54, 1.807) is 0 Å². The summed E-state index contributed by atoms with van der Waals surface area (Å²) >= 11 is 1.01. The number of hydrogen-bond acceptors (Lipinski definition) is 3. The molecule has 3 N–H and O–H groups in total. The third kappa shape index (κ3) is 3.73. The van der Waals surface area contributed by atoms with Crippen molar-refractivity contribution in [1.82, 2.24) is 0 Å². The first-order valence-corrected chi connectivity index (χ1v) is 8.16. The van der Waals surface area contributed by atoms with Crippen LogP contribution in [0.4, 0.5) is 42.1 Å². The normalized spacial score (nSPS) is 12.9. The van der Waals surface area contributed by atoms with Gasteiger partial charge in [-0.15, -0.1) is 11.3 Å². The molecule has 0 aliphatic heterocycles. The minimum atomic E-state index is -6.20. The van der Waals surface area contributed by atoms with E-state index in [-0.39, 0.29) is 21.7 Å². The summed E-state index contributed by atoms with van der Waals surface area (Å²) in [7, 11) is 0. The molecule has 0 fully saturated rings. The van der Waals surface area contributed by atoms with E-state index in [4.69, 9.17) is 5.73 Å². The van der Waals surface area contributed by atoms with Gasteiger partial charge in [-0.2, -0.15) is 26.3 Å². The van der Waals surface area contributed by atoms with Crippen LogP contribution in [0.5, 0.6) is 0 Å². The first-order valence-electron chi connectivity index (χ1n) is 7.28. The number of alkyl halides is 7. The second-order valence-corrected chi connectivity index (χ2v) is 6.75. The molecule has 148 valence electrons. The number of nitrogens with two attached hydrogens (primary N) is 1. The zero-order valence-corrected chi connectivity index (χ0v) is 14.7. The van der Waals surface area contributed by atoms with Crippen molar-refractivity contribution in [2.75, 3.05) is 11.1 Å².